The zero-order valence-electron chi connectivity index (χ0n) is 15.5. The van der Waals surface area contributed by atoms with Gasteiger partial charge in [0.05, 0.1) is 0 Å². The van der Waals surface area contributed by atoms with Crippen LogP contribution < -0.4 is 5.32 Å². The molecule has 0 fully saturated rings. The summed E-state index contributed by atoms with van der Waals surface area (Å²) in [6.07, 6.45) is 1.61. The van der Waals surface area contributed by atoms with Crippen LogP contribution in [0.15, 0.2) is 18.2 Å². The smallest absolute Gasteiger partial charge is 0.330 e. The van der Waals surface area contributed by atoms with Gasteiger partial charge in [-0.2, -0.15) is 0 Å². The fraction of sp³-hybridized carbons (Fsp3) is 0.526. The minimum absolute atomic E-state index is 0.0284. The Labute approximate surface area is 153 Å². The number of carbonyl (C=O) groups excluding carboxylic acids is 2. The molecule has 0 heterocycles. The van der Waals surface area contributed by atoms with Crippen molar-refractivity contribution in [2.45, 2.75) is 52.5 Å². The van der Waals surface area contributed by atoms with Crippen molar-refractivity contribution < 1.29 is 23.9 Å². The number of nitrogens with zero attached hydrogens (tertiary/aromatic N) is 1. The Kier molecular flexibility index (Phi) is 8.75. The fourth-order valence-electron chi connectivity index (χ4n) is 2.65. The van der Waals surface area contributed by atoms with Gasteiger partial charge in [0.2, 0.25) is 11.8 Å². The second kappa shape index (κ2) is 10.5. The molecular weight excluding hydrogens is 339 g/mol. The van der Waals surface area contributed by atoms with Gasteiger partial charge in [-0.05, 0) is 37.0 Å². The predicted molar refractivity (Wildman–Crippen MR) is 96.1 cm³/mol. The molecule has 1 aromatic rings. The van der Waals surface area contributed by atoms with E-state index in [2.05, 4.69) is 5.32 Å². The van der Waals surface area contributed by atoms with Gasteiger partial charge in [-0.3, -0.25) is 9.59 Å². The molecule has 0 aliphatic carbocycles. The Morgan fingerprint density at radius 3 is 2.27 bits per heavy atom. The fourth-order valence-corrected chi connectivity index (χ4v) is 2.65. The van der Waals surface area contributed by atoms with Crippen molar-refractivity contribution in [3.8, 4) is 0 Å². The van der Waals surface area contributed by atoms with E-state index in [1.165, 1.54) is 25.1 Å². The summed E-state index contributed by atoms with van der Waals surface area (Å²) >= 11 is 0. The number of nitrogens with one attached hydrogen (secondary N) is 1. The van der Waals surface area contributed by atoms with E-state index in [1.807, 2.05) is 13.8 Å². The second-order valence-corrected chi connectivity index (χ2v) is 6.23. The Bertz CT molecular complexity index is 642. The molecule has 0 saturated heterocycles. The average Bonchev–Trinajstić information content (AvgIpc) is 2.59. The summed E-state index contributed by atoms with van der Waals surface area (Å²) < 4.78 is 13.4. The number of carboxylic acid groups (broad SMARTS) is 1. The highest BCUT2D eigenvalue weighted by Crippen LogP contribution is 2.17. The molecule has 0 aromatic heterocycles. The van der Waals surface area contributed by atoms with Crippen LogP contribution in [0.5, 0.6) is 0 Å². The molecule has 0 aliphatic heterocycles. The van der Waals surface area contributed by atoms with E-state index in [0.29, 0.717) is 18.7 Å². The standard InChI is InChI=1S/C19H27FN2O4/c1-4-10-22(11-5-2)17(24)9-8-16(23)21-18(19(25)26)14-6-7-15(20)13(3)12-14/h6-7,12,18H,4-5,8-11H2,1-3H3,(H,21,23)(H,25,26). The van der Waals surface area contributed by atoms with Gasteiger partial charge in [0.1, 0.15) is 5.82 Å². The summed E-state index contributed by atoms with van der Waals surface area (Å²) in [4.78, 5) is 37.5. The minimum Gasteiger partial charge on any atom is -0.479 e. The van der Waals surface area contributed by atoms with E-state index in [4.69, 9.17) is 0 Å². The maximum absolute atomic E-state index is 13.4. The van der Waals surface area contributed by atoms with Gasteiger partial charge in [-0.15, -0.1) is 0 Å². The number of aryl methyl sites for hydroxylation is 1. The first-order chi connectivity index (χ1) is 12.3. The van der Waals surface area contributed by atoms with Crippen molar-refractivity contribution in [3.05, 3.63) is 35.1 Å². The lowest BCUT2D eigenvalue weighted by atomic mass is 10.0. The molecule has 0 saturated carbocycles. The Morgan fingerprint density at radius 1 is 1.15 bits per heavy atom. The molecule has 6 nitrogen and oxygen atoms in total. The lowest BCUT2D eigenvalue weighted by Gasteiger charge is -2.21. The number of carboxylic acids is 1. The first-order valence-corrected chi connectivity index (χ1v) is 8.86. The zero-order valence-corrected chi connectivity index (χ0v) is 15.5. The summed E-state index contributed by atoms with van der Waals surface area (Å²) in [5.74, 6) is -2.33. The summed E-state index contributed by atoms with van der Waals surface area (Å²) in [6, 6.07) is 2.61. The molecule has 1 rings (SSSR count). The predicted octanol–water partition coefficient (Wildman–Crippen LogP) is 2.80. The lowest BCUT2D eigenvalue weighted by Crippen LogP contribution is -2.36. The Morgan fingerprint density at radius 2 is 1.77 bits per heavy atom. The van der Waals surface area contributed by atoms with E-state index >= 15 is 0 Å². The average molecular weight is 366 g/mol. The van der Waals surface area contributed by atoms with Gasteiger partial charge < -0.3 is 15.3 Å². The van der Waals surface area contributed by atoms with Crippen LogP contribution in [0, 0.1) is 12.7 Å². The van der Waals surface area contributed by atoms with E-state index in [1.54, 1.807) is 4.90 Å². The molecule has 2 N–H and O–H groups in total. The van der Waals surface area contributed by atoms with Crippen LogP contribution in [-0.4, -0.2) is 40.9 Å². The van der Waals surface area contributed by atoms with Crippen LogP contribution in [0.25, 0.3) is 0 Å². The third-order valence-corrected chi connectivity index (χ3v) is 3.97. The van der Waals surface area contributed by atoms with Gasteiger partial charge >= 0.3 is 5.97 Å². The number of amides is 2. The maximum Gasteiger partial charge on any atom is 0.330 e. The molecule has 1 unspecified atom stereocenters. The summed E-state index contributed by atoms with van der Waals surface area (Å²) in [5.41, 5.74) is 0.586. The topological polar surface area (TPSA) is 86.7 Å². The summed E-state index contributed by atoms with van der Waals surface area (Å²) in [6.45, 7) is 6.76. The minimum atomic E-state index is -1.28. The number of hydrogen-bond donors (Lipinski definition) is 2. The van der Waals surface area contributed by atoms with E-state index < -0.39 is 23.7 Å². The van der Waals surface area contributed by atoms with Crippen LogP contribution in [0.2, 0.25) is 0 Å². The monoisotopic (exact) mass is 366 g/mol. The van der Waals surface area contributed by atoms with Crippen LogP contribution >= 0.6 is 0 Å². The van der Waals surface area contributed by atoms with Crippen molar-refractivity contribution in [2.75, 3.05) is 13.1 Å². The normalized spacial score (nSPS) is 11.7. The molecule has 2 amide bonds. The molecule has 1 atom stereocenters. The van der Waals surface area contributed by atoms with Crippen molar-refractivity contribution in [1.29, 1.82) is 0 Å². The quantitative estimate of drug-likeness (QED) is 0.667. The van der Waals surface area contributed by atoms with Crippen LogP contribution in [0.3, 0.4) is 0 Å². The van der Waals surface area contributed by atoms with Crippen molar-refractivity contribution >= 4 is 17.8 Å². The van der Waals surface area contributed by atoms with Crippen molar-refractivity contribution in [2.24, 2.45) is 0 Å². The van der Waals surface area contributed by atoms with Gasteiger partial charge in [-0.25, -0.2) is 9.18 Å². The highest BCUT2D eigenvalue weighted by atomic mass is 19.1. The first-order valence-electron chi connectivity index (χ1n) is 8.86. The number of hydrogen-bond acceptors (Lipinski definition) is 3. The highest BCUT2D eigenvalue weighted by molar-refractivity contribution is 5.87. The molecule has 144 valence electrons. The van der Waals surface area contributed by atoms with Gasteiger partial charge in [-0.1, -0.05) is 26.0 Å². The number of benzene rings is 1. The second-order valence-electron chi connectivity index (χ2n) is 6.23. The SMILES string of the molecule is CCCN(CCC)C(=O)CCC(=O)NC(C(=O)O)c1ccc(F)c(C)c1. The summed E-state index contributed by atoms with van der Waals surface area (Å²) in [5, 5.41) is 11.8. The molecule has 7 heteroatoms. The van der Waals surface area contributed by atoms with Gasteiger partial charge in [0.25, 0.3) is 0 Å². The molecule has 0 spiro atoms. The van der Waals surface area contributed by atoms with Crippen LogP contribution in [0.1, 0.15) is 56.7 Å². The zero-order chi connectivity index (χ0) is 19.7. The molecule has 26 heavy (non-hydrogen) atoms. The molecule has 0 radical (unpaired) electrons. The summed E-state index contributed by atoms with van der Waals surface area (Å²) in [7, 11) is 0. The highest BCUT2D eigenvalue weighted by Gasteiger charge is 2.23. The van der Waals surface area contributed by atoms with E-state index in [9.17, 15) is 23.9 Å². The largest absolute Gasteiger partial charge is 0.479 e. The van der Waals surface area contributed by atoms with Crippen molar-refractivity contribution in [1.82, 2.24) is 10.2 Å². The number of rotatable bonds is 10. The molecule has 0 aliphatic rings. The van der Waals surface area contributed by atoms with Gasteiger partial charge in [0.15, 0.2) is 6.04 Å². The first kappa shape index (κ1) is 21.6. The van der Waals surface area contributed by atoms with E-state index in [0.717, 1.165) is 12.8 Å². The van der Waals surface area contributed by atoms with Crippen molar-refractivity contribution in [3.63, 3.8) is 0 Å². The lowest BCUT2D eigenvalue weighted by molar-refractivity contribution is -0.142. The third-order valence-electron chi connectivity index (χ3n) is 3.97. The number of aliphatic carboxylic acids is 1. The molecular formula is C19H27FN2O4. The van der Waals surface area contributed by atoms with Crippen LogP contribution in [-0.2, 0) is 14.4 Å². The number of halogens is 1. The van der Waals surface area contributed by atoms with Gasteiger partial charge in [0, 0.05) is 25.9 Å². The maximum atomic E-state index is 13.4. The molecule has 0 bridgehead atoms. The van der Waals surface area contributed by atoms with Crippen LogP contribution in [0.4, 0.5) is 4.39 Å². The third kappa shape index (κ3) is 6.46. The molecule has 1 aromatic carbocycles. The number of carbonyl (C=O) groups is 3. The Balaban J connectivity index is 2.69. The Hall–Kier alpha value is -2.44. The van der Waals surface area contributed by atoms with E-state index in [-0.39, 0.29) is 24.3 Å².